The van der Waals surface area contributed by atoms with Crippen molar-refractivity contribution in [1.82, 2.24) is 0 Å². The summed E-state index contributed by atoms with van der Waals surface area (Å²) in [6.07, 6.45) is 0. The normalized spacial score (nSPS) is 10.9. The van der Waals surface area contributed by atoms with E-state index in [9.17, 15) is 4.79 Å². The lowest BCUT2D eigenvalue weighted by Gasteiger charge is -2.10. The van der Waals surface area contributed by atoms with E-state index in [1.54, 1.807) is 34.5 Å². The molecule has 158 valence electrons. The Balaban J connectivity index is 2.28. The molecular formula is C26H24O5. The first-order chi connectivity index (χ1) is 15.0. The van der Waals surface area contributed by atoms with Crippen molar-refractivity contribution in [2.24, 2.45) is 0 Å². The van der Waals surface area contributed by atoms with Gasteiger partial charge in [-0.05, 0) is 60.0 Å². The van der Waals surface area contributed by atoms with E-state index in [4.69, 9.17) is 18.9 Å². The van der Waals surface area contributed by atoms with Crippen LogP contribution in [-0.2, 0) is 0 Å². The molecule has 0 N–H and O–H groups in total. The lowest BCUT2D eigenvalue weighted by molar-refractivity contribution is 0.398. The van der Waals surface area contributed by atoms with Gasteiger partial charge in [-0.3, -0.25) is 4.79 Å². The third-order valence-electron chi connectivity index (χ3n) is 5.49. The molecule has 0 heterocycles. The Bertz CT molecular complexity index is 1340. The van der Waals surface area contributed by atoms with E-state index in [1.807, 2.05) is 55.5 Å². The number of rotatable bonds is 5. The molecular weight excluding hydrogens is 392 g/mol. The third kappa shape index (κ3) is 3.52. The zero-order valence-electron chi connectivity index (χ0n) is 18.2. The second-order valence-electron chi connectivity index (χ2n) is 7.30. The van der Waals surface area contributed by atoms with E-state index in [0.717, 1.165) is 33.2 Å². The molecule has 0 aliphatic carbocycles. The first kappa shape index (κ1) is 20.5. The Hall–Kier alpha value is -3.73. The molecule has 5 nitrogen and oxygen atoms in total. The Labute approximate surface area is 180 Å². The quantitative estimate of drug-likeness (QED) is 0.438. The fourth-order valence-corrected chi connectivity index (χ4v) is 3.95. The van der Waals surface area contributed by atoms with Gasteiger partial charge in [0, 0.05) is 22.2 Å². The second-order valence-corrected chi connectivity index (χ2v) is 7.30. The van der Waals surface area contributed by atoms with Gasteiger partial charge < -0.3 is 18.9 Å². The van der Waals surface area contributed by atoms with Gasteiger partial charge in [0.2, 0.25) is 0 Å². The molecule has 4 aromatic carbocycles. The summed E-state index contributed by atoms with van der Waals surface area (Å²) >= 11 is 0. The van der Waals surface area contributed by atoms with Crippen molar-refractivity contribution in [3.8, 4) is 34.1 Å². The summed E-state index contributed by atoms with van der Waals surface area (Å²) in [5, 5.41) is 2.55. The number of ether oxygens (including phenoxy) is 4. The maximum absolute atomic E-state index is 13.8. The van der Waals surface area contributed by atoms with Gasteiger partial charge in [0.15, 0.2) is 5.43 Å². The smallest absolute Gasteiger partial charge is 0.198 e. The number of methoxy groups -OCH3 is 4. The Morgan fingerprint density at radius 1 is 0.613 bits per heavy atom. The van der Waals surface area contributed by atoms with Crippen molar-refractivity contribution >= 4 is 21.5 Å². The molecule has 0 unspecified atom stereocenters. The van der Waals surface area contributed by atoms with Crippen LogP contribution in [0, 0.1) is 6.92 Å². The standard InChI is InChI=1S/C26H24O5/c1-15-10-22-20(23(11-15)30-4)14-19(16-6-8-17(28-2)9-7-16)21-12-18(29-3)13-24(31-5)25(21)26(22)27/h6-14H,1-5H3. The van der Waals surface area contributed by atoms with E-state index < -0.39 is 0 Å². The molecule has 0 fully saturated rings. The second kappa shape index (κ2) is 8.19. The van der Waals surface area contributed by atoms with Gasteiger partial charge in [-0.1, -0.05) is 12.1 Å². The SMILES string of the molecule is COc1ccc(-c2cc3c(OC)cc(C)cc3c(=O)c3c(OC)cc(OC)cc23)cc1. The summed E-state index contributed by atoms with van der Waals surface area (Å²) < 4.78 is 22.1. The lowest BCUT2D eigenvalue weighted by Crippen LogP contribution is -2.02. The first-order valence-electron chi connectivity index (χ1n) is 9.86. The van der Waals surface area contributed by atoms with Gasteiger partial charge in [0.25, 0.3) is 0 Å². The van der Waals surface area contributed by atoms with E-state index in [1.165, 1.54) is 0 Å². The molecule has 0 saturated carbocycles. The Morgan fingerprint density at radius 2 is 1.29 bits per heavy atom. The molecule has 0 aliphatic heterocycles. The fraction of sp³-hybridized carbons (Fsp3) is 0.192. The summed E-state index contributed by atoms with van der Waals surface area (Å²) in [6.45, 7) is 1.95. The highest BCUT2D eigenvalue weighted by atomic mass is 16.5. The van der Waals surface area contributed by atoms with Crippen LogP contribution in [0.5, 0.6) is 23.0 Å². The largest absolute Gasteiger partial charge is 0.497 e. The first-order valence-corrected chi connectivity index (χ1v) is 9.86. The number of fused-ring (bicyclic) bond motifs is 2. The molecule has 0 aromatic heterocycles. The predicted octanol–water partition coefficient (Wildman–Crippen LogP) is 5.36. The summed E-state index contributed by atoms with van der Waals surface area (Å²) in [5.41, 5.74) is 2.62. The number of hydrogen-bond acceptors (Lipinski definition) is 5. The van der Waals surface area contributed by atoms with Crippen LogP contribution in [0.1, 0.15) is 5.56 Å². The molecule has 4 aromatic rings. The van der Waals surface area contributed by atoms with Gasteiger partial charge in [-0.15, -0.1) is 0 Å². The van der Waals surface area contributed by atoms with Crippen LogP contribution in [0.25, 0.3) is 32.7 Å². The van der Waals surface area contributed by atoms with Gasteiger partial charge in [0.05, 0.1) is 33.8 Å². The van der Waals surface area contributed by atoms with Crippen LogP contribution in [0.15, 0.2) is 59.4 Å². The minimum absolute atomic E-state index is 0.119. The minimum Gasteiger partial charge on any atom is -0.497 e. The van der Waals surface area contributed by atoms with Crippen molar-refractivity contribution in [2.45, 2.75) is 6.92 Å². The topological polar surface area (TPSA) is 54.0 Å². The summed E-state index contributed by atoms with van der Waals surface area (Å²) in [6, 6.07) is 17.2. The fourth-order valence-electron chi connectivity index (χ4n) is 3.95. The Kier molecular flexibility index (Phi) is 5.42. The van der Waals surface area contributed by atoms with E-state index in [0.29, 0.717) is 28.0 Å². The van der Waals surface area contributed by atoms with E-state index in [2.05, 4.69) is 0 Å². The van der Waals surface area contributed by atoms with Crippen LogP contribution in [0.2, 0.25) is 0 Å². The van der Waals surface area contributed by atoms with Crippen LogP contribution in [-0.4, -0.2) is 28.4 Å². The molecule has 0 atom stereocenters. The van der Waals surface area contributed by atoms with Crippen molar-refractivity contribution in [1.29, 1.82) is 0 Å². The number of hydrogen-bond donors (Lipinski definition) is 0. The molecule has 0 bridgehead atoms. The van der Waals surface area contributed by atoms with Crippen molar-refractivity contribution in [3.63, 3.8) is 0 Å². The van der Waals surface area contributed by atoms with Gasteiger partial charge in [0.1, 0.15) is 23.0 Å². The maximum Gasteiger partial charge on any atom is 0.198 e. The van der Waals surface area contributed by atoms with Crippen molar-refractivity contribution in [3.05, 3.63) is 70.4 Å². The van der Waals surface area contributed by atoms with Crippen LogP contribution in [0.4, 0.5) is 0 Å². The molecule has 0 spiro atoms. The van der Waals surface area contributed by atoms with Crippen LogP contribution < -0.4 is 24.4 Å². The Morgan fingerprint density at radius 3 is 1.90 bits per heavy atom. The van der Waals surface area contributed by atoms with Crippen molar-refractivity contribution in [2.75, 3.05) is 28.4 Å². The average Bonchev–Trinajstić information content (AvgIpc) is 2.92. The van der Waals surface area contributed by atoms with E-state index in [-0.39, 0.29) is 5.43 Å². The minimum atomic E-state index is -0.119. The van der Waals surface area contributed by atoms with Gasteiger partial charge in [-0.2, -0.15) is 0 Å². The molecule has 31 heavy (non-hydrogen) atoms. The summed E-state index contributed by atoms with van der Waals surface area (Å²) in [7, 11) is 6.40. The molecule has 0 amide bonds. The molecule has 0 saturated heterocycles. The molecule has 0 radical (unpaired) electrons. The van der Waals surface area contributed by atoms with Crippen LogP contribution >= 0.6 is 0 Å². The highest BCUT2D eigenvalue weighted by Crippen LogP contribution is 2.38. The van der Waals surface area contributed by atoms with Crippen molar-refractivity contribution < 1.29 is 18.9 Å². The molecule has 4 rings (SSSR count). The number of benzene rings is 3. The zero-order chi connectivity index (χ0) is 22.1. The highest BCUT2D eigenvalue weighted by molar-refractivity contribution is 6.07. The summed E-state index contributed by atoms with van der Waals surface area (Å²) in [5.74, 6) is 2.48. The zero-order valence-corrected chi connectivity index (χ0v) is 18.2. The van der Waals surface area contributed by atoms with Gasteiger partial charge in [-0.25, -0.2) is 0 Å². The van der Waals surface area contributed by atoms with Crippen LogP contribution in [0.3, 0.4) is 0 Å². The maximum atomic E-state index is 13.8. The number of aryl methyl sites for hydroxylation is 1. The lowest BCUT2D eigenvalue weighted by atomic mass is 10.00. The predicted molar refractivity (Wildman–Crippen MR) is 124 cm³/mol. The highest BCUT2D eigenvalue weighted by Gasteiger charge is 2.17. The monoisotopic (exact) mass is 416 g/mol. The summed E-state index contributed by atoms with van der Waals surface area (Å²) in [4.78, 5) is 13.8. The molecule has 0 aliphatic rings. The van der Waals surface area contributed by atoms with Gasteiger partial charge >= 0.3 is 0 Å². The third-order valence-corrected chi connectivity index (χ3v) is 5.49. The average molecular weight is 416 g/mol. The van der Waals surface area contributed by atoms with E-state index >= 15 is 0 Å². The molecule has 5 heteroatoms.